The van der Waals surface area contributed by atoms with E-state index in [4.69, 9.17) is 28.9 Å². The van der Waals surface area contributed by atoms with E-state index in [1.165, 1.54) is 77.0 Å². The van der Waals surface area contributed by atoms with Crippen molar-refractivity contribution in [2.24, 2.45) is 5.73 Å². The SMILES string of the molecule is CCCCCCCCCCCCCC(=O)C(O)C(O)(C(=O)CCCCCCCCCCCCC)C(O)C(=O)C(N)Cc1ccc(N(CCCl)CCCl)cc1. The topological polar surface area (TPSA) is 141 Å². The second kappa shape index (κ2) is 31.5. The van der Waals surface area contributed by atoms with E-state index >= 15 is 0 Å². The van der Waals surface area contributed by atoms with Crippen molar-refractivity contribution in [2.45, 2.75) is 198 Å². The van der Waals surface area contributed by atoms with E-state index in [1.54, 1.807) is 12.1 Å². The molecule has 0 saturated carbocycles. The fourth-order valence-electron chi connectivity index (χ4n) is 7.14. The molecule has 8 nitrogen and oxygen atoms in total. The van der Waals surface area contributed by atoms with Crippen molar-refractivity contribution in [2.75, 3.05) is 29.7 Å². The van der Waals surface area contributed by atoms with Gasteiger partial charge in [0.1, 0.15) is 0 Å². The van der Waals surface area contributed by atoms with Crippen molar-refractivity contribution in [3.05, 3.63) is 29.8 Å². The number of rotatable bonds is 37. The molecule has 0 aliphatic carbocycles. The molecule has 0 amide bonds. The molecule has 312 valence electrons. The first kappa shape index (κ1) is 50.5. The van der Waals surface area contributed by atoms with Gasteiger partial charge in [0.25, 0.3) is 0 Å². The molecule has 0 aliphatic heterocycles. The molecular weight excluding hydrogens is 723 g/mol. The van der Waals surface area contributed by atoms with Gasteiger partial charge in [-0.05, 0) is 37.0 Å². The van der Waals surface area contributed by atoms with Gasteiger partial charge < -0.3 is 26.0 Å². The summed E-state index contributed by atoms with van der Waals surface area (Å²) in [6.45, 7) is 5.65. The van der Waals surface area contributed by atoms with Gasteiger partial charge in [0.05, 0.1) is 6.04 Å². The van der Waals surface area contributed by atoms with Crippen LogP contribution in [0.1, 0.15) is 174 Å². The van der Waals surface area contributed by atoms with Gasteiger partial charge >= 0.3 is 0 Å². The molecule has 0 radical (unpaired) electrons. The Hall–Kier alpha value is -1.55. The first-order valence-corrected chi connectivity index (χ1v) is 22.5. The van der Waals surface area contributed by atoms with Gasteiger partial charge in [-0.25, -0.2) is 0 Å². The number of ketones is 3. The van der Waals surface area contributed by atoms with E-state index in [1.807, 2.05) is 17.0 Å². The van der Waals surface area contributed by atoms with Crippen LogP contribution in [-0.2, 0) is 20.8 Å². The number of benzene rings is 1. The summed E-state index contributed by atoms with van der Waals surface area (Å²) in [6, 6.07) is 6.06. The summed E-state index contributed by atoms with van der Waals surface area (Å²) in [7, 11) is 0. The van der Waals surface area contributed by atoms with Gasteiger partial charge in [-0.1, -0.05) is 154 Å². The van der Waals surface area contributed by atoms with Gasteiger partial charge in [-0.2, -0.15) is 0 Å². The number of unbranched alkanes of at least 4 members (excludes halogenated alkanes) is 20. The van der Waals surface area contributed by atoms with Gasteiger partial charge in [0.2, 0.25) is 0 Å². The minimum atomic E-state index is -2.98. The third kappa shape index (κ3) is 20.0. The highest BCUT2D eigenvalue weighted by Crippen LogP contribution is 2.26. The number of hydrogen-bond donors (Lipinski definition) is 4. The van der Waals surface area contributed by atoms with Gasteiger partial charge in [0.15, 0.2) is 35.2 Å². The number of anilines is 1. The summed E-state index contributed by atoms with van der Waals surface area (Å²) in [5.41, 5.74) is 4.89. The molecule has 5 N–H and O–H groups in total. The Balaban J connectivity index is 2.86. The number of nitrogens with zero attached hydrogens (tertiary/aromatic N) is 1. The Bertz CT molecular complexity index is 1120. The van der Waals surface area contributed by atoms with Gasteiger partial charge in [0, 0.05) is 43.4 Å². The highest BCUT2D eigenvalue weighted by molar-refractivity contribution is 6.18. The van der Waals surface area contributed by atoms with Crippen LogP contribution in [0.15, 0.2) is 24.3 Å². The summed E-state index contributed by atoms with van der Waals surface area (Å²) < 4.78 is 0. The van der Waals surface area contributed by atoms with Crippen LogP contribution in [0.2, 0.25) is 0 Å². The smallest absolute Gasteiger partial charge is 0.189 e. The van der Waals surface area contributed by atoms with Crippen LogP contribution in [0, 0.1) is 0 Å². The number of aliphatic hydroxyl groups is 3. The fourth-order valence-corrected chi connectivity index (χ4v) is 7.55. The third-order valence-electron chi connectivity index (χ3n) is 10.7. The van der Waals surface area contributed by atoms with Crippen molar-refractivity contribution in [1.82, 2.24) is 0 Å². The van der Waals surface area contributed by atoms with Crippen LogP contribution in [0.3, 0.4) is 0 Å². The van der Waals surface area contributed by atoms with Crippen molar-refractivity contribution in [1.29, 1.82) is 0 Å². The highest BCUT2D eigenvalue weighted by atomic mass is 35.5. The van der Waals surface area contributed by atoms with E-state index in [-0.39, 0.29) is 19.3 Å². The standard InChI is InChI=1S/C44H76Cl2N2O6/c1-3-5-7-9-11-13-15-17-19-21-23-25-39(49)42(52)44(54,40(50)26-24-22-20-18-16-14-12-10-8-6-4-2)43(53)41(51)38(47)35-36-27-29-37(30-28-36)48(33-31-45)34-32-46/h27-30,38,42-43,52-54H,3-26,31-35,47H2,1-2H3. The lowest BCUT2D eigenvalue weighted by Gasteiger charge is -2.35. The molecule has 0 aromatic heterocycles. The molecule has 0 fully saturated rings. The molecule has 0 bridgehead atoms. The van der Waals surface area contributed by atoms with Crippen molar-refractivity contribution in [3.8, 4) is 0 Å². The molecule has 1 aromatic carbocycles. The summed E-state index contributed by atoms with van der Waals surface area (Å²) in [5.74, 6) is -1.79. The minimum Gasteiger partial charge on any atom is -0.382 e. The number of carbonyl (C=O) groups is 3. The maximum absolute atomic E-state index is 13.6. The Morgan fingerprint density at radius 3 is 1.43 bits per heavy atom. The Labute approximate surface area is 338 Å². The Kier molecular flexibility index (Phi) is 29.5. The lowest BCUT2D eigenvalue weighted by atomic mass is 9.77. The van der Waals surface area contributed by atoms with E-state index in [0.717, 1.165) is 57.1 Å². The zero-order chi connectivity index (χ0) is 40.0. The molecule has 0 heterocycles. The molecule has 1 rings (SSSR count). The predicted molar refractivity (Wildman–Crippen MR) is 226 cm³/mol. The number of carbonyl (C=O) groups excluding carboxylic acids is 3. The zero-order valence-electron chi connectivity index (χ0n) is 33.9. The lowest BCUT2D eigenvalue weighted by Crippen LogP contribution is -2.65. The average Bonchev–Trinajstić information content (AvgIpc) is 3.17. The molecule has 1 aromatic rings. The number of Topliss-reactive ketones (excluding diaryl/α,β-unsaturated/α-hetero) is 3. The number of hydrogen-bond acceptors (Lipinski definition) is 8. The maximum atomic E-state index is 13.6. The maximum Gasteiger partial charge on any atom is 0.189 e. The first-order valence-electron chi connectivity index (χ1n) is 21.5. The molecule has 4 unspecified atom stereocenters. The zero-order valence-corrected chi connectivity index (χ0v) is 35.4. The summed E-state index contributed by atoms with van der Waals surface area (Å²) in [5, 5.41) is 34.2. The monoisotopic (exact) mass is 799 g/mol. The molecule has 0 aliphatic rings. The molecule has 54 heavy (non-hydrogen) atoms. The van der Waals surface area contributed by atoms with Crippen LogP contribution in [0.25, 0.3) is 0 Å². The van der Waals surface area contributed by atoms with Crippen LogP contribution >= 0.6 is 23.2 Å². The van der Waals surface area contributed by atoms with Crippen LogP contribution in [0.5, 0.6) is 0 Å². The van der Waals surface area contributed by atoms with Gasteiger partial charge in [-0.3, -0.25) is 14.4 Å². The van der Waals surface area contributed by atoms with Crippen LogP contribution in [-0.4, -0.2) is 81.4 Å². The quantitative estimate of drug-likeness (QED) is 0.0386. The molecule has 0 spiro atoms. The predicted octanol–water partition coefficient (Wildman–Crippen LogP) is 9.40. The van der Waals surface area contributed by atoms with Crippen LogP contribution in [0.4, 0.5) is 5.69 Å². The highest BCUT2D eigenvalue weighted by Gasteiger charge is 2.54. The van der Waals surface area contributed by atoms with E-state index in [2.05, 4.69) is 13.8 Å². The van der Waals surface area contributed by atoms with Crippen molar-refractivity contribution < 1.29 is 29.7 Å². The fraction of sp³-hybridized carbons (Fsp3) is 0.795. The third-order valence-corrected chi connectivity index (χ3v) is 11.1. The molecule has 10 heteroatoms. The molecular formula is C44H76Cl2N2O6. The summed E-state index contributed by atoms with van der Waals surface area (Å²) in [6.07, 6.45) is 18.9. The van der Waals surface area contributed by atoms with Crippen molar-refractivity contribution >= 4 is 46.2 Å². The first-order chi connectivity index (χ1) is 26.1. The number of aliphatic hydroxyl groups excluding tert-OH is 2. The Morgan fingerprint density at radius 1 is 0.630 bits per heavy atom. The van der Waals surface area contributed by atoms with E-state index < -0.39 is 41.2 Å². The minimum absolute atomic E-state index is 0.0207. The number of halogens is 2. The Morgan fingerprint density at radius 2 is 1.02 bits per heavy atom. The summed E-state index contributed by atoms with van der Waals surface area (Å²) in [4.78, 5) is 42.5. The van der Waals surface area contributed by atoms with Crippen LogP contribution < -0.4 is 10.6 Å². The largest absolute Gasteiger partial charge is 0.382 e. The normalized spacial score (nSPS) is 14.4. The summed E-state index contributed by atoms with van der Waals surface area (Å²) >= 11 is 11.9. The number of alkyl halides is 2. The molecule has 4 atom stereocenters. The van der Waals surface area contributed by atoms with Gasteiger partial charge in [-0.15, -0.1) is 23.2 Å². The average molecular weight is 800 g/mol. The van der Waals surface area contributed by atoms with E-state index in [0.29, 0.717) is 43.3 Å². The number of nitrogens with two attached hydrogens (primary N) is 1. The second-order valence-electron chi connectivity index (χ2n) is 15.3. The molecule has 0 saturated heterocycles. The second-order valence-corrected chi connectivity index (χ2v) is 16.1. The van der Waals surface area contributed by atoms with E-state index in [9.17, 15) is 29.7 Å². The van der Waals surface area contributed by atoms with Crippen molar-refractivity contribution in [3.63, 3.8) is 0 Å². The lowest BCUT2D eigenvalue weighted by molar-refractivity contribution is -0.182.